The molecule has 0 aromatic heterocycles. The first kappa shape index (κ1) is 26.8. The maximum absolute atomic E-state index is 13.3. The zero-order chi connectivity index (χ0) is 26.6. The van der Waals surface area contributed by atoms with Crippen molar-refractivity contribution in [3.05, 3.63) is 41.5 Å². The molecule has 5 N–H and O–H groups in total. The molecule has 0 unspecified atom stereocenters. The molecule has 10 heteroatoms. The lowest BCUT2D eigenvalue weighted by atomic mass is 9.96. The summed E-state index contributed by atoms with van der Waals surface area (Å²) in [5.41, 5.74) is 2.67. The van der Waals surface area contributed by atoms with E-state index in [0.717, 1.165) is 17.6 Å². The molecule has 2 heterocycles. The van der Waals surface area contributed by atoms with Gasteiger partial charge in [-0.15, -0.1) is 0 Å². The van der Waals surface area contributed by atoms with Gasteiger partial charge in [0.2, 0.25) is 23.6 Å². The van der Waals surface area contributed by atoms with Gasteiger partial charge in [0, 0.05) is 13.0 Å². The molecule has 3 aliphatic rings. The monoisotopic (exact) mass is 511 g/mol. The number of nitrogens with one attached hydrogen (secondary N) is 5. The van der Waals surface area contributed by atoms with E-state index >= 15 is 0 Å². The molecule has 2 fully saturated rings. The Morgan fingerprint density at radius 1 is 0.973 bits per heavy atom. The average Bonchev–Trinajstić information content (AvgIpc) is 3.24. The van der Waals surface area contributed by atoms with Crippen LogP contribution in [0.3, 0.4) is 0 Å². The van der Waals surface area contributed by atoms with Crippen LogP contribution in [0.15, 0.2) is 30.3 Å². The molecular formula is C27H37N5O5. The number of allylic oxidation sites excluding steroid dienone is 1. The standard InChI is InChI=1S/C27H37N5O5/c1-16(2)10-21-26(36)30-17(3)24(34)32-22(11-19-9-8-18-6-4-5-7-20(18)19)25(35)28-13-27(14-37-15-27)29-12-23(33)31-21/h4-7,9,16-17,21-22,29H,8,10-15H2,1-3H3,(H,28,35)(H,30,36)(H,31,33)(H,32,34)/t17-,21-,22-/m0/s1. The lowest BCUT2D eigenvalue weighted by molar-refractivity contribution is -0.133. The lowest BCUT2D eigenvalue weighted by Gasteiger charge is -2.42. The third-order valence-corrected chi connectivity index (χ3v) is 7.08. The molecule has 4 rings (SSSR count). The highest BCUT2D eigenvalue weighted by Gasteiger charge is 2.40. The largest absolute Gasteiger partial charge is 0.377 e. The summed E-state index contributed by atoms with van der Waals surface area (Å²) in [4.78, 5) is 52.1. The van der Waals surface area contributed by atoms with Gasteiger partial charge in [-0.1, -0.05) is 44.2 Å². The van der Waals surface area contributed by atoms with Crippen molar-refractivity contribution in [3.63, 3.8) is 0 Å². The average molecular weight is 512 g/mol. The number of ether oxygens (including phenoxy) is 1. The third-order valence-electron chi connectivity index (χ3n) is 7.08. The molecule has 0 bridgehead atoms. The highest BCUT2D eigenvalue weighted by Crippen LogP contribution is 2.30. The van der Waals surface area contributed by atoms with Gasteiger partial charge in [-0.3, -0.25) is 24.5 Å². The summed E-state index contributed by atoms with van der Waals surface area (Å²) < 4.78 is 5.38. The van der Waals surface area contributed by atoms with Gasteiger partial charge in [-0.05, 0) is 42.4 Å². The molecule has 37 heavy (non-hydrogen) atoms. The zero-order valence-electron chi connectivity index (χ0n) is 21.7. The van der Waals surface area contributed by atoms with Crippen molar-refractivity contribution in [2.24, 2.45) is 5.92 Å². The molecule has 2 saturated heterocycles. The molecule has 1 aliphatic carbocycles. The van der Waals surface area contributed by atoms with E-state index in [1.807, 2.05) is 32.0 Å². The first-order valence-corrected chi connectivity index (χ1v) is 12.9. The molecule has 200 valence electrons. The van der Waals surface area contributed by atoms with E-state index in [9.17, 15) is 19.2 Å². The second kappa shape index (κ2) is 11.4. The molecule has 1 aromatic carbocycles. The fourth-order valence-corrected chi connectivity index (χ4v) is 4.86. The minimum absolute atomic E-state index is 0.0268. The number of hydrogen-bond acceptors (Lipinski definition) is 6. The zero-order valence-corrected chi connectivity index (χ0v) is 21.7. The number of fused-ring (bicyclic) bond motifs is 1. The van der Waals surface area contributed by atoms with Crippen molar-refractivity contribution < 1.29 is 23.9 Å². The van der Waals surface area contributed by atoms with E-state index in [4.69, 9.17) is 4.74 Å². The number of benzene rings is 1. The van der Waals surface area contributed by atoms with Gasteiger partial charge >= 0.3 is 0 Å². The van der Waals surface area contributed by atoms with Crippen molar-refractivity contribution >= 4 is 29.2 Å². The van der Waals surface area contributed by atoms with E-state index in [1.165, 1.54) is 5.56 Å². The number of carbonyl (C=O) groups excluding carboxylic acids is 4. The predicted molar refractivity (Wildman–Crippen MR) is 138 cm³/mol. The summed E-state index contributed by atoms with van der Waals surface area (Å²) >= 11 is 0. The van der Waals surface area contributed by atoms with Crippen LogP contribution in [0.4, 0.5) is 0 Å². The van der Waals surface area contributed by atoms with Gasteiger partial charge in [-0.2, -0.15) is 0 Å². The number of amides is 4. The molecule has 1 spiro atoms. The Morgan fingerprint density at radius 3 is 2.43 bits per heavy atom. The smallest absolute Gasteiger partial charge is 0.243 e. The van der Waals surface area contributed by atoms with E-state index < -0.39 is 35.5 Å². The minimum atomic E-state index is -0.895. The Labute approximate surface area is 217 Å². The first-order chi connectivity index (χ1) is 17.7. The van der Waals surface area contributed by atoms with Gasteiger partial charge in [0.15, 0.2) is 0 Å². The van der Waals surface area contributed by atoms with E-state index in [1.54, 1.807) is 6.92 Å². The highest BCUT2D eigenvalue weighted by molar-refractivity contribution is 5.95. The molecule has 0 saturated carbocycles. The van der Waals surface area contributed by atoms with Crippen LogP contribution in [0.5, 0.6) is 0 Å². The van der Waals surface area contributed by atoms with Crippen molar-refractivity contribution in [3.8, 4) is 0 Å². The maximum atomic E-state index is 13.3. The molecule has 3 atom stereocenters. The van der Waals surface area contributed by atoms with Gasteiger partial charge in [0.1, 0.15) is 18.1 Å². The van der Waals surface area contributed by atoms with Crippen LogP contribution in [-0.4, -0.2) is 73.6 Å². The molecule has 10 nitrogen and oxygen atoms in total. The topological polar surface area (TPSA) is 138 Å². The van der Waals surface area contributed by atoms with Gasteiger partial charge in [0.25, 0.3) is 0 Å². The summed E-state index contributed by atoms with van der Waals surface area (Å²) in [5.74, 6) is -1.42. The molecule has 1 aromatic rings. The van der Waals surface area contributed by atoms with Crippen LogP contribution in [0.2, 0.25) is 0 Å². The number of hydrogen-bond donors (Lipinski definition) is 5. The maximum Gasteiger partial charge on any atom is 0.243 e. The van der Waals surface area contributed by atoms with Crippen LogP contribution in [0.1, 0.15) is 44.7 Å². The Bertz CT molecular complexity index is 1080. The SMILES string of the molecule is CC(C)C[C@@H]1NC(=O)CNC2(CNC(=O)[C@H](CC3=CCc4ccccc43)NC(=O)[C@H](C)NC1=O)COC2. The second-order valence-electron chi connectivity index (χ2n) is 10.7. The number of rotatable bonds is 4. The van der Waals surface area contributed by atoms with Crippen LogP contribution in [-0.2, 0) is 30.3 Å². The van der Waals surface area contributed by atoms with Crippen molar-refractivity contribution in [1.82, 2.24) is 26.6 Å². The molecule has 4 amide bonds. The van der Waals surface area contributed by atoms with Crippen LogP contribution in [0.25, 0.3) is 5.57 Å². The summed E-state index contributed by atoms with van der Waals surface area (Å²) in [5, 5.41) is 14.5. The van der Waals surface area contributed by atoms with E-state index in [-0.39, 0.29) is 30.8 Å². The predicted octanol–water partition coefficient (Wildman–Crippen LogP) is 0.0250. The lowest BCUT2D eigenvalue weighted by Crippen LogP contribution is -2.68. The van der Waals surface area contributed by atoms with Crippen molar-refractivity contribution in [2.45, 2.75) is 63.7 Å². The highest BCUT2D eigenvalue weighted by atomic mass is 16.5. The fraction of sp³-hybridized carbons (Fsp3) is 0.556. The van der Waals surface area contributed by atoms with E-state index in [2.05, 4.69) is 38.7 Å². The Balaban J connectivity index is 1.56. The minimum Gasteiger partial charge on any atom is -0.377 e. The Morgan fingerprint density at radius 2 is 1.73 bits per heavy atom. The molecule has 0 radical (unpaired) electrons. The van der Waals surface area contributed by atoms with Crippen molar-refractivity contribution in [1.29, 1.82) is 0 Å². The van der Waals surface area contributed by atoms with E-state index in [0.29, 0.717) is 26.1 Å². The normalized spacial score (nSPS) is 26.6. The van der Waals surface area contributed by atoms with Crippen LogP contribution in [0, 0.1) is 5.92 Å². The fourth-order valence-electron chi connectivity index (χ4n) is 4.86. The van der Waals surface area contributed by atoms with Crippen LogP contribution >= 0.6 is 0 Å². The molecule has 2 aliphatic heterocycles. The Kier molecular flexibility index (Phi) is 8.29. The van der Waals surface area contributed by atoms with Gasteiger partial charge < -0.3 is 26.0 Å². The third kappa shape index (κ3) is 6.56. The van der Waals surface area contributed by atoms with Gasteiger partial charge in [0.05, 0.1) is 25.3 Å². The van der Waals surface area contributed by atoms with Gasteiger partial charge in [-0.25, -0.2) is 0 Å². The summed E-state index contributed by atoms with van der Waals surface area (Å²) in [6, 6.07) is 5.51. The van der Waals surface area contributed by atoms with Crippen LogP contribution < -0.4 is 26.6 Å². The van der Waals surface area contributed by atoms with Crippen molar-refractivity contribution in [2.75, 3.05) is 26.3 Å². The number of carbonyl (C=O) groups is 4. The molecular weight excluding hydrogens is 474 g/mol. The second-order valence-corrected chi connectivity index (χ2v) is 10.7. The Hall–Kier alpha value is -3.24. The first-order valence-electron chi connectivity index (χ1n) is 12.9. The summed E-state index contributed by atoms with van der Waals surface area (Å²) in [6.45, 7) is 6.38. The summed E-state index contributed by atoms with van der Waals surface area (Å²) in [6.07, 6.45) is 3.61. The quantitative estimate of drug-likeness (QED) is 0.387. The summed E-state index contributed by atoms with van der Waals surface area (Å²) in [7, 11) is 0.